The number of aromatic nitrogens is 3. The first-order chi connectivity index (χ1) is 12.8. The Labute approximate surface area is 175 Å². The lowest BCUT2D eigenvalue weighted by Gasteiger charge is -2.26. The van der Waals surface area contributed by atoms with Gasteiger partial charge in [-0.05, 0) is 24.6 Å². The second kappa shape index (κ2) is 9.03. The van der Waals surface area contributed by atoms with Gasteiger partial charge in [0.25, 0.3) is 0 Å². The van der Waals surface area contributed by atoms with Crippen LogP contribution in [0.25, 0.3) is 5.65 Å². The van der Waals surface area contributed by atoms with Gasteiger partial charge >= 0.3 is 0 Å². The maximum atomic E-state index is 6.08. The van der Waals surface area contributed by atoms with Crippen molar-refractivity contribution in [2.45, 2.75) is 25.3 Å². The molecule has 0 radical (unpaired) electrons. The van der Waals surface area contributed by atoms with Crippen molar-refractivity contribution in [3.8, 4) is 5.75 Å². The molecule has 4 rings (SSSR count). The number of fused-ring (bicyclic) bond motifs is 2. The molecule has 1 aromatic carbocycles. The smallest absolute Gasteiger partial charge is 0.189 e. The topological polar surface area (TPSA) is 89.8 Å². The minimum absolute atomic E-state index is 0. The summed E-state index contributed by atoms with van der Waals surface area (Å²) in [7, 11) is 0. The second-order valence-electron chi connectivity index (χ2n) is 6.29. The minimum atomic E-state index is 0. The summed E-state index contributed by atoms with van der Waals surface area (Å²) in [5.41, 5.74) is 8.07. The monoisotopic (exact) mass is 478 g/mol. The van der Waals surface area contributed by atoms with E-state index in [2.05, 4.69) is 26.6 Å². The van der Waals surface area contributed by atoms with Crippen LogP contribution in [0, 0.1) is 0 Å². The number of rotatable bonds is 5. The Morgan fingerprint density at radius 2 is 2.07 bits per heavy atom. The van der Waals surface area contributed by atoms with Crippen molar-refractivity contribution in [1.29, 1.82) is 0 Å². The molecule has 7 nitrogen and oxygen atoms in total. The second-order valence-corrected chi connectivity index (χ2v) is 6.29. The normalized spacial score (nSPS) is 16.3. The van der Waals surface area contributed by atoms with Crippen molar-refractivity contribution in [3.63, 3.8) is 0 Å². The molecule has 1 aliphatic heterocycles. The first-order valence-electron chi connectivity index (χ1n) is 8.88. The number of aryl methyl sites for hydroxylation is 1. The van der Waals surface area contributed by atoms with E-state index in [1.54, 1.807) is 0 Å². The van der Waals surface area contributed by atoms with Crippen LogP contribution in [0.3, 0.4) is 0 Å². The average molecular weight is 478 g/mol. The van der Waals surface area contributed by atoms with Crippen molar-refractivity contribution in [3.05, 3.63) is 60.0 Å². The van der Waals surface area contributed by atoms with Gasteiger partial charge in [-0.3, -0.25) is 9.39 Å². The number of nitrogens with two attached hydrogens (primary N) is 1. The molecule has 0 spiro atoms. The van der Waals surface area contributed by atoms with Crippen LogP contribution < -0.4 is 15.8 Å². The fraction of sp³-hybridized carbons (Fsp3) is 0.316. The SMILES string of the molecule is I.NC(=NCCCc1nnc2ccccn12)NC1CCOc2ccccc21. The number of hydrogen-bond donors (Lipinski definition) is 2. The van der Waals surface area contributed by atoms with Crippen molar-refractivity contribution >= 4 is 35.6 Å². The Kier molecular flexibility index (Phi) is 6.49. The van der Waals surface area contributed by atoms with Crippen LogP contribution >= 0.6 is 24.0 Å². The molecule has 27 heavy (non-hydrogen) atoms. The van der Waals surface area contributed by atoms with E-state index in [1.165, 1.54) is 0 Å². The van der Waals surface area contributed by atoms with Crippen LogP contribution in [-0.2, 0) is 6.42 Å². The van der Waals surface area contributed by atoms with E-state index in [-0.39, 0.29) is 30.0 Å². The van der Waals surface area contributed by atoms with Crippen molar-refractivity contribution in [1.82, 2.24) is 19.9 Å². The summed E-state index contributed by atoms with van der Waals surface area (Å²) < 4.78 is 7.68. The van der Waals surface area contributed by atoms with Gasteiger partial charge < -0.3 is 15.8 Å². The predicted molar refractivity (Wildman–Crippen MR) is 116 cm³/mol. The number of para-hydroxylation sites is 1. The molecule has 1 unspecified atom stereocenters. The lowest BCUT2D eigenvalue weighted by Crippen LogP contribution is -2.37. The van der Waals surface area contributed by atoms with E-state index < -0.39 is 0 Å². The number of ether oxygens (including phenoxy) is 1. The van der Waals surface area contributed by atoms with E-state index >= 15 is 0 Å². The maximum Gasteiger partial charge on any atom is 0.189 e. The molecule has 0 amide bonds. The highest BCUT2D eigenvalue weighted by Crippen LogP contribution is 2.31. The number of aliphatic imine (C=N–C) groups is 1. The number of nitrogens with one attached hydrogen (secondary N) is 1. The van der Waals surface area contributed by atoms with Crippen molar-refractivity contribution < 1.29 is 4.74 Å². The van der Waals surface area contributed by atoms with Gasteiger partial charge in [0.05, 0.1) is 12.6 Å². The Bertz CT molecular complexity index is 925. The molecular formula is C19H23IN6O. The molecule has 0 fully saturated rings. The highest BCUT2D eigenvalue weighted by molar-refractivity contribution is 14.0. The van der Waals surface area contributed by atoms with E-state index in [0.717, 1.165) is 42.0 Å². The lowest BCUT2D eigenvalue weighted by molar-refractivity contribution is 0.262. The van der Waals surface area contributed by atoms with Crippen LogP contribution in [-0.4, -0.2) is 33.7 Å². The molecule has 0 saturated heterocycles. The van der Waals surface area contributed by atoms with Crippen molar-refractivity contribution in [2.75, 3.05) is 13.2 Å². The number of hydrogen-bond acceptors (Lipinski definition) is 4. The quantitative estimate of drug-likeness (QED) is 0.255. The van der Waals surface area contributed by atoms with Gasteiger partial charge in [-0.25, -0.2) is 0 Å². The van der Waals surface area contributed by atoms with Gasteiger partial charge in [-0.15, -0.1) is 34.2 Å². The number of pyridine rings is 1. The van der Waals surface area contributed by atoms with Gasteiger partial charge in [-0.1, -0.05) is 24.3 Å². The van der Waals surface area contributed by atoms with Gasteiger partial charge in [0.15, 0.2) is 11.6 Å². The Morgan fingerprint density at radius 3 is 3.00 bits per heavy atom. The molecule has 3 N–H and O–H groups in total. The van der Waals surface area contributed by atoms with Gasteiger partial charge in [-0.2, -0.15) is 0 Å². The minimum Gasteiger partial charge on any atom is -0.493 e. The molecule has 0 aliphatic carbocycles. The van der Waals surface area contributed by atoms with E-state index in [4.69, 9.17) is 10.5 Å². The first-order valence-corrected chi connectivity index (χ1v) is 8.88. The summed E-state index contributed by atoms with van der Waals surface area (Å²) in [5.74, 6) is 2.33. The van der Waals surface area contributed by atoms with Gasteiger partial charge in [0.1, 0.15) is 11.6 Å². The number of guanidine groups is 1. The van der Waals surface area contributed by atoms with E-state index in [9.17, 15) is 0 Å². The molecular weight excluding hydrogens is 455 g/mol. The van der Waals surface area contributed by atoms with Gasteiger partial charge in [0.2, 0.25) is 0 Å². The van der Waals surface area contributed by atoms with Crippen LogP contribution in [0.1, 0.15) is 30.3 Å². The van der Waals surface area contributed by atoms with Crippen LogP contribution in [0.2, 0.25) is 0 Å². The molecule has 0 saturated carbocycles. The van der Waals surface area contributed by atoms with E-state index in [0.29, 0.717) is 19.1 Å². The first kappa shape index (κ1) is 19.4. The Balaban J connectivity index is 0.00000210. The van der Waals surface area contributed by atoms with E-state index in [1.807, 2.05) is 47.0 Å². The summed E-state index contributed by atoms with van der Waals surface area (Å²) in [6, 6.07) is 14.1. The van der Waals surface area contributed by atoms with Crippen LogP contribution in [0.15, 0.2) is 53.7 Å². The lowest BCUT2D eigenvalue weighted by atomic mass is 10.0. The summed E-state index contributed by atoms with van der Waals surface area (Å²) >= 11 is 0. The average Bonchev–Trinajstić information content (AvgIpc) is 3.09. The van der Waals surface area contributed by atoms with Gasteiger partial charge in [0, 0.05) is 31.1 Å². The molecule has 8 heteroatoms. The third-order valence-corrected chi connectivity index (χ3v) is 4.51. The molecule has 1 aliphatic rings. The fourth-order valence-electron chi connectivity index (χ4n) is 3.21. The maximum absolute atomic E-state index is 6.08. The molecule has 2 aromatic heterocycles. The molecule has 3 aromatic rings. The Morgan fingerprint density at radius 1 is 1.22 bits per heavy atom. The highest BCUT2D eigenvalue weighted by Gasteiger charge is 2.21. The zero-order chi connectivity index (χ0) is 17.8. The predicted octanol–water partition coefficient (Wildman–Crippen LogP) is 2.71. The molecule has 142 valence electrons. The van der Waals surface area contributed by atoms with Crippen LogP contribution in [0.5, 0.6) is 5.75 Å². The Hall–Kier alpha value is -2.36. The highest BCUT2D eigenvalue weighted by atomic mass is 127. The third kappa shape index (κ3) is 4.49. The zero-order valence-corrected chi connectivity index (χ0v) is 17.2. The summed E-state index contributed by atoms with van der Waals surface area (Å²) in [5, 5.41) is 11.7. The standard InChI is InChI=1S/C19H22N6O.HI/c20-19(22-15-10-13-26-16-7-2-1-6-14(15)16)21-11-5-9-18-24-23-17-8-3-4-12-25(17)18;/h1-4,6-8,12,15H,5,9-11,13H2,(H3,20,21,22);1H. The zero-order valence-electron chi connectivity index (χ0n) is 14.9. The number of halogens is 1. The largest absolute Gasteiger partial charge is 0.493 e. The summed E-state index contributed by atoms with van der Waals surface area (Å²) in [4.78, 5) is 4.46. The molecule has 0 bridgehead atoms. The summed E-state index contributed by atoms with van der Waals surface area (Å²) in [6.07, 6.45) is 4.52. The fourth-order valence-corrected chi connectivity index (χ4v) is 3.21. The van der Waals surface area contributed by atoms with Crippen molar-refractivity contribution in [2.24, 2.45) is 10.7 Å². The molecule has 1 atom stereocenters. The number of benzene rings is 1. The third-order valence-electron chi connectivity index (χ3n) is 4.51. The van der Waals surface area contributed by atoms with Crippen LogP contribution in [0.4, 0.5) is 0 Å². The number of nitrogens with zero attached hydrogens (tertiary/aromatic N) is 4. The molecule has 3 heterocycles. The summed E-state index contributed by atoms with van der Waals surface area (Å²) in [6.45, 7) is 1.33.